The minimum absolute atomic E-state index is 0.0214. The zero-order valence-corrected chi connectivity index (χ0v) is 25.6. The molecule has 1 aliphatic heterocycles. The maximum atomic E-state index is 13.8. The quantitative estimate of drug-likeness (QED) is 0.0867. The highest BCUT2D eigenvalue weighted by Gasteiger charge is 2.33. The number of hydrogen-bond acceptors (Lipinski definition) is 7. The van der Waals surface area contributed by atoms with Crippen LogP contribution in [0.4, 0.5) is 17.1 Å². The van der Waals surface area contributed by atoms with Gasteiger partial charge in [-0.25, -0.2) is 9.13 Å². The molecule has 0 saturated carbocycles. The van der Waals surface area contributed by atoms with E-state index in [0.29, 0.717) is 6.42 Å². The Morgan fingerprint density at radius 3 is 2.12 bits per heavy atom. The lowest BCUT2D eigenvalue weighted by Gasteiger charge is -2.24. The van der Waals surface area contributed by atoms with Crippen LogP contribution in [0.15, 0.2) is 65.3 Å². The Balaban J connectivity index is 2.01. The SMILES string of the molecule is CC(C)=CCCC(C)=CCCC(C)=CCN1C(=O)c2cccc(O)c2Nc2c(OP(=O)(O)O)cc(OP(=O)(O)O)cc21. The molecule has 0 atom stereocenters. The number of nitrogens with zero attached hydrogens (tertiary/aromatic N) is 1. The second-order valence-corrected chi connectivity index (χ2v) is 12.5. The van der Waals surface area contributed by atoms with Gasteiger partial charge in [0.05, 0.1) is 16.9 Å². The summed E-state index contributed by atoms with van der Waals surface area (Å²) in [5.74, 6) is -1.98. The largest absolute Gasteiger partial charge is 0.524 e. The lowest BCUT2D eigenvalue weighted by Crippen LogP contribution is -2.30. The number of para-hydroxylation sites is 1. The van der Waals surface area contributed by atoms with E-state index in [0.717, 1.165) is 37.0 Å². The number of phenolic OH excluding ortho intramolecular Hbond substituents is 1. The number of benzene rings is 2. The third kappa shape index (κ3) is 9.59. The van der Waals surface area contributed by atoms with Crippen LogP contribution in [0.3, 0.4) is 0 Å². The summed E-state index contributed by atoms with van der Waals surface area (Å²) in [5, 5.41) is 13.3. The van der Waals surface area contributed by atoms with Gasteiger partial charge in [0.25, 0.3) is 5.91 Å². The van der Waals surface area contributed by atoms with Crippen molar-refractivity contribution in [1.29, 1.82) is 0 Å². The molecular weight excluding hydrogens is 586 g/mol. The highest BCUT2D eigenvalue weighted by Crippen LogP contribution is 2.52. The molecule has 42 heavy (non-hydrogen) atoms. The summed E-state index contributed by atoms with van der Waals surface area (Å²) in [4.78, 5) is 52.8. The first-order chi connectivity index (χ1) is 19.5. The molecule has 0 radical (unpaired) electrons. The van der Waals surface area contributed by atoms with Crippen molar-refractivity contribution in [2.75, 3.05) is 16.8 Å². The van der Waals surface area contributed by atoms with Crippen LogP contribution in [0, 0.1) is 0 Å². The average molecular weight is 623 g/mol. The first-order valence-corrected chi connectivity index (χ1v) is 16.1. The fraction of sp³-hybridized carbons (Fsp3) is 0.321. The maximum absolute atomic E-state index is 13.8. The van der Waals surface area contributed by atoms with Crippen LogP contribution in [-0.4, -0.2) is 37.1 Å². The summed E-state index contributed by atoms with van der Waals surface area (Å²) >= 11 is 0. The monoisotopic (exact) mass is 622 g/mol. The second kappa shape index (κ2) is 13.7. The number of phosphoric acid groups is 2. The van der Waals surface area contributed by atoms with E-state index in [-0.39, 0.29) is 34.9 Å². The summed E-state index contributed by atoms with van der Waals surface area (Å²) in [5.41, 5.74) is 3.33. The highest BCUT2D eigenvalue weighted by molar-refractivity contribution is 7.47. The molecule has 0 spiro atoms. The van der Waals surface area contributed by atoms with E-state index in [2.05, 4.69) is 42.8 Å². The Hall–Kier alpha value is -3.37. The number of nitrogens with one attached hydrogen (secondary N) is 1. The number of amides is 1. The molecule has 0 saturated heterocycles. The molecule has 3 rings (SSSR count). The predicted molar refractivity (Wildman–Crippen MR) is 160 cm³/mol. The number of aromatic hydroxyl groups is 1. The topological polar surface area (TPSA) is 186 Å². The maximum Gasteiger partial charge on any atom is 0.524 e. The van der Waals surface area contributed by atoms with Crippen molar-refractivity contribution in [3.8, 4) is 17.2 Å². The Morgan fingerprint density at radius 1 is 0.881 bits per heavy atom. The van der Waals surface area contributed by atoms with Crippen molar-refractivity contribution in [1.82, 2.24) is 0 Å². The molecule has 0 unspecified atom stereocenters. The second-order valence-electron chi connectivity index (χ2n) is 10.2. The zero-order chi connectivity index (χ0) is 31.2. The molecule has 6 N–H and O–H groups in total. The van der Waals surface area contributed by atoms with Crippen molar-refractivity contribution in [2.24, 2.45) is 0 Å². The van der Waals surface area contributed by atoms with Crippen molar-refractivity contribution >= 4 is 38.6 Å². The number of rotatable bonds is 12. The van der Waals surface area contributed by atoms with Gasteiger partial charge >= 0.3 is 15.6 Å². The molecule has 2 aromatic carbocycles. The van der Waals surface area contributed by atoms with Gasteiger partial charge in [0.1, 0.15) is 17.2 Å². The van der Waals surface area contributed by atoms with Crippen LogP contribution in [0.5, 0.6) is 17.2 Å². The molecule has 0 bridgehead atoms. The predicted octanol–water partition coefficient (Wildman–Crippen LogP) is 6.46. The lowest BCUT2D eigenvalue weighted by molar-refractivity contribution is 0.0990. The first-order valence-electron chi connectivity index (χ1n) is 13.1. The minimum Gasteiger partial charge on any atom is -0.506 e. The molecule has 1 heterocycles. The van der Waals surface area contributed by atoms with Crippen molar-refractivity contribution in [3.05, 3.63) is 70.8 Å². The fourth-order valence-corrected chi connectivity index (χ4v) is 5.08. The van der Waals surface area contributed by atoms with E-state index >= 15 is 0 Å². The van der Waals surface area contributed by atoms with E-state index in [9.17, 15) is 38.6 Å². The number of anilines is 3. The number of hydrogen-bond donors (Lipinski definition) is 6. The smallest absolute Gasteiger partial charge is 0.506 e. The van der Waals surface area contributed by atoms with E-state index in [1.807, 2.05) is 13.0 Å². The van der Waals surface area contributed by atoms with Crippen molar-refractivity contribution < 1.29 is 47.7 Å². The van der Waals surface area contributed by atoms with Gasteiger partial charge < -0.3 is 24.4 Å². The number of allylic oxidation sites excluding steroid dienone is 5. The normalized spacial score (nSPS) is 14.0. The van der Waals surface area contributed by atoms with Crippen LogP contribution in [0.2, 0.25) is 0 Å². The van der Waals surface area contributed by atoms with Gasteiger partial charge in [-0.15, -0.1) is 0 Å². The van der Waals surface area contributed by atoms with Crippen LogP contribution >= 0.6 is 15.6 Å². The summed E-state index contributed by atoms with van der Waals surface area (Å²) in [6.45, 7) is 8.10. The van der Waals surface area contributed by atoms with E-state index < -0.39 is 33.1 Å². The number of carbonyl (C=O) groups is 1. The zero-order valence-electron chi connectivity index (χ0n) is 23.8. The molecule has 1 aliphatic rings. The molecule has 0 fully saturated rings. The number of fused-ring (bicyclic) bond motifs is 2. The lowest BCUT2D eigenvalue weighted by atomic mass is 10.1. The van der Waals surface area contributed by atoms with E-state index in [1.165, 1.54) is 34.2 Å². The van der Waals surface area contributed by atoms with Crippen LogP contribution in [-0.2, 0) is 9.13 Å². The molecule has 1 amide bonds. The van der Waals surface area contributed by atoms with Gasteiger partial charge in [-0.1, -0.05) is 41.0 Å². The van der Waals surface area contributed by atoms with Gasteiger partial charge in [-0.3, -0.25) is 24.4 Å². The van der Waals surface area contributed by atoms with Crippen molar-refractivity contribution in [2.45, 2.75) is 53.4 Å². The summed E-state index contributed by atoms with van der Waals surface area (Å²) in [7, 11) is -10.3. The Labute approximate surface area is 244 Å². The Bertz CT molecular complexity index is 1520. The average Bonchev–Trinajstić information content (AvgIpc) is 2.96. The number of phenols is 1. The van der Waals surface area contributed by atoms with Crippen LogP contribution < -0.4 is 19.3 Å². The highest BCUT2D eigenvalue weighted by atomic mass is 31.2. The van der Waals surface area contributed by atoms with E-state index in [1.54, 1.807) is 0 Å². The van der Waals surface area contributed by atoms with E-state index in [4.69, 9.17) is 4.52 Å². The molecular formula is C28H36N2O10P2. The van der Waals surface area contributed by atoms with Crippen LogP contribution in [0.1, 0.15) is 63.7 Å². The van der Waals surface area contributed by atoms with Gasteiger partial charge in [0.2, 0.25) is 0 Å². The minimum atomic E-state index is -5.19. The van der Waals surface area contributed by atoms with Gasteiger partial charge in [0, 0.05) is 18.7 Å². The number of carbonyl (C=O) groups excluding carboxylic acids is 1. The summed E-state index contributed by atoms with van der Waals surface area (Å²) < 4.78 is 32.9. The molecule has 2 aromatic rings. The summed E-state index contributed by atoms with van der Waals surface area (Å²) in [6, 6.07) is 6.24. The third-order valence-electron chi connectivity index (χ3n) is 6.30. The standard InChI is InChI=1S/C28H36N2O10P2/c1-18(2)8-5-9-19(3)10-6-11-20(4)14-15-30-23-16-21(39-41(33,34)35)17-25(40-42(36,37)38)27(23)29-26-22(28(30)32)12-7-13-24(26)31/h7-8,10,12-14,16-17,29,31H,5-6,9,11,15H2,1-4H3,(H2,33,34,35)(H2,36,37,38). The number of phosphoric ester groups is 2. The van der Waals surface area contributed by atoms with Gasteiger partial charge in [-0.2, -0.15) is 0 Å². The Morgan fingerprint density at radius 2 is 1.50 bits per heavy atom. The Kier molecular flexibility index (Phi) is 10.8. The van der Waals surface area contributed by atoms with Crippen LogP contribution in [0.25, 0.3) is 0 Å². The third-order valence-corrected chi connectivity index (χ3v) is 7.18. The van der Waals surface area contributed by atoms with Gasteiger partial charge in [0.15, 0.2) is 5.75 Å². The summed E-state index contributed by atoms with van der Waals surface area (Å²) in [6.07, 6.45) is 9.60. The van der Waals surface area contributed by atoms with Crippen molar-refractivity contribution in [3.63, 3.8) is 0 Å². The molecule has 0 aliphatic carbocycles. The van der Waals surface area contributed by atoms with Gasteiger partial charge in [-0.05, 0) is 65.5 Å². The molecule has 228 valence electrons. The fourth-order valence-electron chi connectivity index (χ4n) is 4.30. The molecule has 12 nitrogen and oxygen atoms in total. The molecule has 14 heteroatoms. The first kappa shape index (κ1) is 33.1. The molecule has 0 aromatic heterocycles.